The van der Waals surface area contributed by atoms with Crippen LogP contribution in [0.5, 0.6) is 0 Å². The molecular weight excluding hydrogens is 222 g/mol. The van der Waals surface area contributed by atoms with Gasteiger partial charge < -0.3 is 10.1 Å². The maximum absolute atomic E-state index is 5.89. The third-order valence-electron chi connectivity index (χ3n) is 5.22. The molecular formula is C16H31NO. The first-order valence-electron chi connectivity index (χ1n) is 8.09. The number of ether oxygens (including phenoxy) is 1. The Hall–Kier alpha value is -0.0800. The lowest BCUT2D eigenvalue weighted by atomic mass is 9.72. The third kappa shape index (κ3) is 3.27. The van der Waals surface area contributed by atoms with Crippen molar-refractivity contribution in [1.82, 2.24) is 5.32 Å². The Labute approximate surface area is 113 Å². The van der Waals surface area contributed by atoms with Crippen LogP contribution in [0.25, 0.3) is 0 Å². The minimum absolute atomic E-state index is 0.174. The Morgan fingerprint density at radius 1 is 1.22 bits per heavy atom. The summed E-state index contributed by atoms with van der Waals surface area (Å²) in [7, 11) is 1.91. The van der Waals surface area contributed by atoms with E-state index in [1.54, 1.807) is 0 Å². The van der Waals surface area contributed by atoms with E-state index in [9.17, 15) is 0 Å². The molecule has 2 saturated carbocycles. The number of methoxy groups -OCH3 is 1. The van der Waals surface area contributed by atoms with E-state index in [-0.39, 0.29) is 5.60 Å². The molecule has 0 aromatic rings. The van der Waals surface area contributed by atoms with Gasteiger partial charge in [-0.1, -0.05) is 32.6 Å². The summed E-state index contributed by atoms with van der Waals surface area (Å²) >= 11 is 0. The van der Waals surface area contributed by atoms with Crippen LogP contribution in [-0.2, 0) is 4.74 Å². The first-order chi connectivity index (χ1) is 8.80. The quantitative estimate of drug-likeness (QED) is 0.708. The van der Waals surface area contributed by atoms with Gasteiger partial charge in [-0.05, 0) is 51.0 Å². The van der Waals surface area contributed by atoms with E-state index in [2.05, 4.69) is 12.2 Å². The third-order valence-corrected chi connectivity index (χ3v) is 5.22. The molecule has 18 heavy (non-hydrogen) atoms. The molecule has 2 rings (SSSR count). The molecule has 0 heterocycles. The summed E-state index contributed by atoms with van der Waals surface area (Å²) < 4.78 is 5.89. The molecule has 1 unspecified atom stereocenters. The zero-order chi connectivity index (χ0) is 12.8. The number of hydrogen-bond donors (Lipinski definition) is 1. The molecule has 2 aliphatic rings. The van der Waals surface area contributed by atoms with Crippen molar-refractivity contribution in [3.63, 3.8) is 0 Å². The smallest absolute Gasteiger partial charge is 0.0831 e. The van der Waals surface area contributed by atoms with Crippen molar-refractivity contribution >= 4 is 0 Å². The van der Waals surface area contributed by atoms with Crippen LogP contribution in [0, 0.1) is 5.92 Å². The Morgan fingerprint density at radius 3 is 2.44 bits per heavy atom. The molecule has 106 valence electrons. The van der Waals surface area contributed by atoms with Gasteiger partial charge in [-0.3, -0.25) is 0 Å². The van der Waals surface area contributed by atoms with Gasteiger partial charge in [0.2, 0.25) is 0 Å². The summed E-state index contributed by atoms with van der Waals surface area (Å²) in [4.78, 5) is 0. The molecule has 0 bridgehead atoms. The standard InChI is InChI=1S/C16H31NO/c1-3-13-17-15(16(18-2)11-6-12-16)10-9-14-7-4-5-8-14/h14-15,17H,3-13H2,1-2H3. The Morgan fingerprint density at radius 2 is 1.94 bits per heavy atom. The molecule has 2 aliphatic carbocycles. The zero-order valence-electron chi connectivity index (χ0n) is 12.3. The van der Waals surface area contributed by atoms with Gasteiger partial charge in [-0.15, -0.1) is 0 Å². The van der Waals surface area contributed by atoms with Crippen molar-refractivity contribution in [3.8, 4) is 0 Å². The van der Waals surface area contributed by atoms with Crippen molar-refractivity contribution in [1.29, 1.82) is 0 Å². The van der Waals surface area contributed by atoms with Crippen LogP contribution >= 0.6 is 0 Å². The van der Waals surface area contributed by atoms with Crippen LogP contribution in [0.1, 0.15) is 71.1 Å². The van der Waals surface area contributed by atoms with Gasteiger partial charge in [-0.25, -0.2) is 0 Å². The van der Waals surface area contributed by atoms with Crippen LogP contribution in [0.2, 0.25) is 0 Å². The van der Waals surface area contributed by atoms with E-state index in [4.69, 9.17) is 4.74 Å². The van der Waals surface area contributed by atoms with E-state index >= 15 is 0 Å². The molecule has 0 radical (unpaired) electrons. The lowest BCUT2D eigenvalue weighted by Crippen LogP contribution is -2.56. The fraction of sp³-hybridized carbons (Fsp3) is 1.00. The summed E-state index contributed by atoms with van der Waals surface area (Å²) in [6.07, 6.45) is 13.7. The van der Waals surface area contributed by atoms with Gasteiger partial charge in [0.15, 0.2) is 0 Å². The highest BCUT2D eigenvalue weighted by molar-refractivity contribution is 4.99. The molecule has 0 aromatic carbocycles. The molecule has 0 aliphatic heterocycles. The lowest BCUT2D eigenvalue weighted by Gasteiger charge is -2.47. The Kier molecular flexibility index (Phi) is 5.50. The van der Waals surface area contributed by atoms with Gasteiger partial charge in [0, 0.05) is 13.2 Å². The van der Waals surface area contributed by atoms with Gasteiger partial charge >= 0.3 is 0 Å². The first kappa shape index (κ1) is 14.3. The Bertz CT molecular complexity index is 226. The van der Waals surface area contributed by atoms with E-state index < -0.39 is 0 Å². The normalized spacial score (nSPS) is 25.0. The summed E-state index contributed by atoms with van der Waals surface area (Å²) in [6, 6.07) is 0.594. The molecule has 2 heteroatoms. The number of nitrogens with one attached hydrogen (secondary N) is 1. The molecule has 2 fully saturated rings. The second-order valence-corrected chi connectivity index (χ2v) is 6.36. The van der Waals surface area contributed by atoms with Crippen LogP contribution in [0.3, 0.4) is 0 Å². The second-order valence-electron chi connectivity index (χ2n) is 6.36. The van der Waals surface area contributed by atoms with Gasteiger partial charge in [0.1, 0.15) is 0 Å². The second kappa shape index (κ2) is 6.91. The number of hydrogen-bond acceptors (Lipinski definition) is 2. The van der Waals surface area contributed by atoms with E-state index in [0.29, 0.717) is 6.04 Å². The van der Waals surface area contributed by atoms with Crippen LogP contribution in [0.15, 0.2) is 0 Å². The molecule has 1 atom stereocenters. The van der Waals surface area contributed by atoms with Crippen LogP contribution < -0.4 is 5.32 Å². The molecule has 1 N–H and O–H groups in total. The maximum atomic E-state index is 5.89. The highest BCUT2D eigenvalue weighted by Crippen LogP contribution is 2.40. The van der Waals surface area contributed by atoms with Crippen LogP contribution in [-0.4, -0.2) is 25.3 Å². The molecule has 2 nitrogen and oxygen atoms in total. The summed E-state index contributed by atoms with van der Waals surface area (Å²) in [5.74, 6) is 1.00. The summed E-state index contributed by atoms with van der Waals surface area (Å²) in [6.45, 7) is 3.39. The fourth-order valence-corrected chi connectivity index (χ4v) is 3.79. The fourth-order valence-electron chi connectivity index (χ4n) is 3.79. The maximum Gasteiger partial charge on any atom is 0.0831 e. The minimum atomic E-state index is 0.174. The van der Waals surface area contributed by atoms with Crippen molar-refractivity contribution in [2.75, 3.05) is 13.7 Å². The summed E-state index contributed by atoms with van der Waals surface area (Å²) in [5, 5.41) is 3.76. The monoisotopic (exact) mass is 253 g/mol. The van der Waals surface area contributed by atoms with Crippen molar-refractivity contribution < 1.29 is 4.74 Å². The zero-order valence-corrected chi connectivity index (χ0v) is 12.3. The Balaban J connectivity index is 1.83. The summed E-state index contributed by atoms with van der Waals surface area (Å²) in [5.41, 5.74) is 0.174. The van der Waals surface area contributed by atoms with E-state index in [1.165, 1.54) is 64.2 Å². The predicted molar refractivity (Wildman–Crippen MR) is 76.9 cm³/mol. The van der Waals surface area contributed by atoms with Crippen molar-refractivity contribution in [3.05, 3.63) is 0 Å². The van der Waals surface area contributed by atoms with Gasteiger partial charge in [0.25, 0.3) is 0 Å². The largest absolute Gasteiger partial charge is 0.377 e. The average molecular weight is 253 g/mol. The number of rotatable bonds is 8. The van der Waals surface area contributed by atoms with Crippen molar-refractivity contribution in [2.24, 2.45) is 5.92 Å². The van der Waals surface area contributed by atoms with Crippen LogP contribution in [0.4, 0.5) is 0 Å². The van der Waals surface area contributed by atoms with E-state index in [0.717, 1.165) is 12.5 Å². The van der Waals surface area contributed by atoms with Gasteiger partial charge in [0.05, 0.1) is 5.60 Å². The lowest BCUT2D eigenvalue weighted by molar-refractivity contribution is -0.101. The average Bonchev–Trinajstić information content (AvgIpc) is 2.84. The van der Waals surface area contributed by atoms with Gasteiger partial charge in [-0.2, -0.15) is 0 Å². The topological polar surface area (TPSA) is 21.3 Å². The minimum Gasteiger partial charge on any atom is -0.377 e. The predicted octanol–water partition coefficient (Wildman–Crippen LogP) is 3.89. The van der Waals surface area contributed by atoms with Crippen molar-refractivity contribution in [2.45, 2.75) is 82.8 Å². The highest BCUT2D eigenvalue weighted by atomic mass is 16.5. The molecule has 0 amide bonds. The highest BCUT2D eigenvalue weighted by Gasteiger charge is 2.43. The molecule has 0 saturated heterocycles. The first-order valence-corrected chi connectivity index (χ1v) is 8.09. The molecule has 0 aromatic heterocycles. The van der Waals surface area contributed by atoms with E-state index in [1.807, 2.05) is 7.11 Å². The SMILES string of the molecule is CCCNC(CCC1CCCC1)C1(OC)CCC1. The molecule has 0 spiro atoms.